The zero-order valence-electron chi connectivity index (χ0n) is 11.3. The summed E-state index contributed by atoms with van der Waals surface area (Å²) in [5.41, 5.74) is 8.75. The van der Waals surface area contributed by atoms with Crippen molar-refractivity contribution >= 4 is 22.3 Å². The zero-order valence-corrected chi connectivity index (χ0v) is 11.3. The number of fused-ring (bicyclic) bond motifs is 1. The molecule has 1 aliphatic rings. The van der Waals surface area contributed by atoms with Gasteiger partial charge in [-0.2, -0.15) is 0 Å². The maximum atomic E-state index is 5.98. The SMILES string of the molecule is CN1CCC(Nc2ccc(N)c3ncccc23)CC1. The Bertz CT molecular complexity index is 573. The third-order valence-corrected chi connectivity index (χ3v) is 3.88. The molecule has 1 saturated heterocycles. The van der Waals surface area contributed by atoms with E-state index < -0.39 is 0 Å². The van der Waals surface area contributed by atoms with Crippen LogP contribution in [-0.4, -0.2) is 36.1 Å². The molecule has 1 fully saturated rings. The van der Waals surface area contributed by atoms with Crippen LogP contribution in [0.25, 0.3) is 10.9 Å². The highest BCUT2D eigenvalue weighted by Gasteiger charge is 2.17. The van der Waals surface area contributed by atoms with E-state index in [1.165, 1.54) is 12.8 Å². The number of rotatable bonds is 2. The summed E-state index contributed by atoms with van der Waals surface area (Å²) >= 11 is 0. The lowest BCUT2D eigenvalue weighted by molar-refractivity contribution is 0.264. The summed E-state index contributed by atoms with van der Waals surface area (Å²) in [4.78, 5) is 6.75. The molecular formula is C15H20N4. The molecule has 1 aromatic carbocycles. The molecule has 2 aromatic rings. The van der Waals surface area contributed by atoms with Gasteiger partial charge >= 0.3 is 0 Å². The lowest BCUT2D eigenvalue weighted by atomic mass is 10.0. The lowest BCUT2D eigenvalue weighted by Gasteiger charge is -2.30. The predicted molar refractivity (Wildman–Crippen MR) is 80.3 cm³/mol. The van der Waals surface area contributed by atoms with E-state index in [-0.39, 0.29) is 0 Å². The fourth-order valence-electron chi connectivity index (χ4n) is 2.69. The molecule has 0 amide bonds. The molecule has 3 N–H and O–H groups in total. The van der Waals surface area contributed by atoms with Gasteiger partial charge in [-0.15, -0.1) is 0 Å². The Morgan fingerprint density at radius 1 is 1.26 bits per heavy atom. The van der Waals surface area contributed by atoms with Crippen LogP contribution in [0.4, 0.5) is 11.4 Å². The number of hydrogen-bond acceptors (Lipinski definition) is 4. The first-order valence-electron chi connectivity index (χ1n) is 6.82. The van der Waals surface area contributed by atoms with Gasteiger partial charge in [-0.05, 0) is 57.2 Å². The quantitative estimate of drug-likeness (QED) is 0.810. The van der Waals surface area contributed by atoms with Crippen LogP contribution in [0.1, 0.15) is 12.8 Å². The minimum atomic E-state index is 0.545. The molecule has 4 nitrogen and oxygen atoms in total. The third kappa shape index (κ3) is 2.49. The first kappa shape index (κ1) is 12.2. The van der Waals surface area contributed by atoms with Crippen molar-refractivity contribution in [3.05, 3.63) is 30.5 Å². The van der Waals surface area contributed by atoms with E-state index in [9.17, 15) is 0 Å². The van der Waals surface area contributed by atoms with E-state index in [0.717, 1.165) is 35.4 Å². The predicted octanol–water partition coefficient (Wildman–Crippen LogP) is 2.32. The highest BCUT2D eigenvalue weighted by atomic mass is 15.1. The van der Waals surface area contributed by atoms with E-state index in [0.29, 0.717) is 6.04 Å². The smallest absolute Gasteiger partial charge is 0.0951 e. The number of likely N-dealkylation sites (tertiary alicyclic amines) is 1. The van der Waals surface area contributed by atoms with Gasteiger partial charge in [0.1, 0.15) is 0 Å². The topological polar surface area (TPSA) is 54.2 Å². The molecule has 4 heteroatoms. The van der Waals surface area contributed by atoms with Crippen molar-refractivity contribution in [1.29, 1.82) is 0 Å². The van der Waals surface area contributed by atoms with Gasteiger partial charge in [0.15, 0.2) is 0 Å². The Kier molecular flexibility index (Phi) is 3.25. The van der Waals surface area contributed by atoms with Crippen molar-refractivity contribution in [3.63, 3.8) is 0 Å². The average Bonchev–Trinajstić information content (AvgIpc) is 2.45. The second-order valence-electron chi connectivity index (χ2n) is 5.32. The van der Waals surface area contributed by atoms with E-state index >= 15 is 0 Å². The fraction of sp³-hybridized carbons (Fsp3) is 0.400. The van der Waals surface area contributed by atoms with Gasteiger partial charge in [0.05, 0.1) is 11.2 Å². The third-order valence-electron chi connectivity index (χ3n) is 3.88. The molecule has 19 heavy (non-hydrogen) atoms. The number of aromatic nitrogens is 1. The normalized spacial score (nSPS) is 17.7. The number of piperidine rings is 1. The van der Waals surface area contributed by atoms with Crippen molar-refractivity contribution in [3.8, 4) is 0 Å². The monoisotopic (exact) mass is 256 g/mol. The molecule has 1 aliphatic heterocycles. The summed E-state index contributed by atoms with van der Waals surface area (Å²) in [6, 6.07) is 8.59. The highest BCUT2D eigenvalue weighted by Crippen LogP contribution is 2.28. The summed E-state index contributed by atoms with van der Waals surface area (Å²) in [6.45, 7) is 2.31. The maximum Gasteiger partial charge on any atom is 0.0951 e. The van der Waals surface area contributed by atoms with Crippen LogP contribution in [0.3, 0.4) is 0 Å². The van der Waals surface area contributed by atoms with Crippen LogP contribution < -0.4 is 11.1 Å². The van der Waals surface area contributed by atoms with Gasteiger partial charge < -0.3 is 16.0 Å². The van der Waals surface area contributed by atoms with E-state index in [1.54, 1.807) is 6.20 Å². The second-order valence-corrected chi connectivity index (χ2v) is 5.32. The van der Waals surface area contributed by atoms with Crippen LogP contribution in [0.2, 0.25) is 0 Å². The average molecular weight is 256 g/mol. The number of benzene rings is 1. The van der Waals surface area contributed by atoms with Crippen molar-refractivity contribution in [2.45, 2.75) is 18.9 Å². The zero-order chi connectivity index (χ0) is 13.2. The minimum absolute atomic E-state index is 0.545. The standard InChI is InChI=1S/C15H20N4/c1-19-9-6-11(7-10-19)18-14-5-4-13(16)15-12(14)3-2-8-17-15/h2-5,8,11,18H,6-7,9-10,16H2,1H3. The number of pyridine rings is 1. The van der Waals surface area contributed by atoms with Gasteiger partial charge in [0.2, 0.25) is 0 Å². The summed E-state index contributed by atoms with van der Waals surface area (Å²) in [5.74, 6) is 0. The molecule has 1 aromatic heterocycles. The maximum absolute atomic E-state index is 5.98. The van der Waals surface area contributed by atoms with E-state index in [4.69, 9.17) is 5.73 Å². The Hall–Kier alpha value is -1.81. The Labute approximate surface area is 113 Å². The van der Waals surface area contributed by atoms with E-state index in [1.807, 2.05) is 12.1 Å². The Morgan fingerprint density at radius 2 is 2.05 bits per heavy atom. The summed E-state index contributed by atoms with van der Waals surface area (Å²) < 4.78 is 0. The molecule has 0 spiro atoms. The minimum Gasteiger partial charge on any atom is -0.397 e. The number of hydrogen-bond donors (Lipinski definition) is 2. The number of nitrogens with zero attached hydrogens (tertiary/aromatic N) is 2. The molecule has 0 unspecified atom stereocenters. The largest absolute Gasteiger partial charge is 0.397 e. The number of anilines is 2. The number of nitrogens with two attached hydrogens (primary N) is 1. The van der Waals surface area contributed by atoms with Crippen LogP contribution in [0.5, 0.6) is 0 Å². The van der Waals surface area contributed by atoms with Crippen molar-refractivity contribution in [2.75, 3.05) is 31.2 Å². The fourth-order valence-corrected chi connectivity index (χ4v) is 2.69. The molecule has 100 valence electrons. The van der Waals surface area contributed by atoms with Crippen molar-refractivity contribution in [2.24, 2.45) is 0 Å². The number of nitrogens with one attached hydrogen (secondary N) is 1. The van der Waals surface area contributed by atoms with Gasteiger partial charge in [-0.3, -0.25) is 4.98 Å². The Morgan fingerprint density at radius 3 is 2.84 bits per heavy atom. The van der Waals surface area contributed by atoms with Gasteiger partial charge in [0.25, 0.3) is 0 Å². The first-order chi connectivity index (χ1) is 9.24. The van der Waals surface area contributed by atoms with Gasteiger partial charge in [-0.1, -0.05) is 0 Å². The van der Waals surface area contributed by atoms with Crippen LogP contribution in [0.15, 0.2) is 30.5 Å². The first-order valence-corrected chi connectivity index (χ1v) is 6.82. The second kappa shape index (κ2) is 5.05. The van der Waals surface area contributed by atoms with Crippen molar-refractivity contribution in [1.82, 2.24) is 9.88 Å². The molecule has 0 saturated carbocycles. The molecule has 0 bridgehead atoms. The van der Waals surface area contributed by atoms with Gasteiger partial charge in [-0.25, -0.2) is 0 Å². The molecular weight excluding hydrogens is 236 g/mol. The molecule has 2 heterocycles. The van der Waals surface area contributed by atoms with Crippen LogP contribution >= 0.6 is 0 Å². The Balaban J connectivity index is 1.87. The van der Waals surface area contributed by atoms with E-state index in [2.05, 4.69) is 34.4 Å². The van der Waals surface area contributed by atoms with Crippen LogP contribution in [-0.2, 0) is 0 Å². The highest BCUT2D eigenvalue weighted by molar-refractivity contribution is 5.98. The van der Waals surface area contributed by atoms with Gasteiger partial charge in [0, 0.05) is 23.3 Å². The summed E-state index contributed by atoms with van der Waals surface area (Å²) in [5, 5.41) is 4.76. The lowest BCUT2D eigenvalue weighted by Crippen LogP contribution is -2.36. The summed E-state index contributed by atoms with van der Waals surface area (Å²) in [7, 11) is 2.18. The molecule has 0 radical (unpaired) electrons. The molecule has 0 atom stereocenters. The molecule has 3 rings (SSSR count). The van der Waals surface area contributed by atoms with Crippen LogP contribution in [0, 0.1) is 0 Å². The molecule has 0 aliphatic carbocycles. The number of nitrogen functional groups attached to an aromatic ring is 1. The van der Waals surface area contributed by atoms with Crippen molar-refractivity contribution < 1.29 is 0 Å². The summed E-state index contributed by atoms with van der Waals surface area (Å²) in [6.07, 6.45) is 4.16.